The van der Waals surface area contributed by atoms with Crippen LogP contribution in [0.25, 0.3) is 16.6 Å². The molecule has 3 aromatic rings. The van der Waals surface area contributed by atoms with Crippen molar-refractivity contribution < 1.29 is 0 Å². The zero-order chi connectivity index (χ0) is 14.1. The number of halogens is 2. The highest BCUT2D eigenvalue weighted by Crippen LogP contribution is 2.17. The van der Waals surface area contributed by atoms with Crippen LogP contribution in [0.15, 0.2) is 53.3 Å². The Morgan fingerprint density at radius 1 is 1.10 bits per heavy atom. The maximum atomic E-state index is 12.6. The fourth-order valence-electron chi connectivity index (χ4n) is 2.15. The normalized spacial score (nSPS) is 10.9. The van der Waals surface area contributed by atoms with Gasteiger partial charge in [-0.05, 0) is 30.3 Å². The highest BCUT2D eigenvalue weighted by molar-refractivity contribution is 6.30. The lowest BCUT2D eigenvalue weighted by Crippen LogP contribution is -2.23. The van der Waals surface area contributed by atoms with E-state index in [0.29, 0.717) is 27.4 Å². The lowest BCUT2D eigenvalue weighted by atomic mass is 10.2. The molecule has 0 atom stereocenters. The van der Waals surface area contributed by atoms with E-state index < -0.39 is 0 Å². The molecule has 0 radical (unpaired) electrons. The molecule has 0 aliphatic rings. The van der Waals surface area contributed by atoms with E-state index in [1.165, 1.54) is 4.57 Å². The second-order valence-electron chi connectivity index (χ2n) is 4.30. The van der Waals surface area contributed by atoms with Gasteiger partial charge in [0, 0.05) is 5.02 Å². The first-order chi connectivity index (χ1) is 9.70. The quantitative estimate of drug-likeness (QED) is 0.675. The molecule has 0 bridgehead atoms. The highest BCUT2D eigenvalue weighted by atomic mass is 35.5. The van der Waals surface area contributed by atoms with Crippen LogP contribution in [0.2, 0.25) is 5.02 Å². The van der Waals surface area contributed by atoms with E-state index >= 15 is 0 Å². The first-order valence-electron chi connectivity index (χ1n) is 6.03. The third-order valence-corrected chi connectivity index (χ3v) is 3.51. The van der Waals surface area contributed by atoms with Crippen LogP contribution >= 0.6 is 23.2 Å². The smallest absolute Gasteiger partial charge is 0.266 e. The predicted molar refractivity (Wildman–Crippen MR) is 81.9 cm³/mol. The number of para-hydroxylation sites is 1. The van der Waals surface area contributed by atoms with Crippen molar-refractivity contribution in [2.24, 2.45) is 0 Å². The van der Waals surface area contributed by atoms with Gasteiger partial charge in [0.25, 0.3) is 5.56 Å². The lowest BCUT2D eigenvalue weighted by Gasteiger charge is -2.12. The van der Waals surface area contributed by atoms with Crippen LogP contribution in [0, 0.1) is 0 Å². The number of alkyl halides is 1. The number of benzene rings is 2. The van der Waals surface area contributed by atoms with Gasteiger partial charge in [0.05, 0.1) is 22.5 Å². The van der Waals surface area contributed by atoms with Crippen molar-refractivity contribution in [3.63, 3.8) is 0 Å². The minimum absolute atomic E-state index is 0.145. The molecule has 0 saturated heterocycles. The van der Waals surface area contributed by atoms with Crippen LogP contribution in [0.1, 0.15) is 5.82 Å². The Kier molecular flexibility index (Phi) is 3.47. The summed E-state index contributed by atoms with van der Waals surface area (Å²) in [6.45, 7) is 0. The minimum Gasteiger partial charge on any atom is -0.268 e. The summed E-state index contributed by atoms with van der Waals surface area (Å²) < 4.78 is 1.50. The number of rotatable bonds is 2. The van der Waals surface area contributed by atoms with Crippen LogP contribution in [-0.4, -0.2) is 9.55 Å². The molecule has 5 heteroatoms. The maximum Gasteiger partial charge on any atom is 0.266 e. The molecule has 1 heterocycles. The average Bonchev–Trinajstić information content (AvgIpc) is 2.47. The summed E-state index contributed by atoms with van der Waals surface area (Å²) in [7, 11) is 0. The summed E-state index contributed by atoms with van der Waals surface area (Å²) in [4.78, 5) is 17.1. The van der Waals surface area contributed by atoms with Crippen molar-refractivity contribution in [1.29, 1.82) is 0 Å². The molecule has 2 aromatic carbocycles. The SMILES string of the molecule is O=c1c2ccccc2nc(CCl)n1-c1cccc(Cl)c1. The van der Waals surface area contributed by atoms with Gasteiger partial charge < -0.3 is 0 Å². The molecule has 0 aliphatic heterocycles. The topological polar surface area (TPSA) is 34.9 Å². The molecule has 20 heavy (non-hydrogen) atoms. The molecule has 0 aliphatic carbocycles. The molecule has 0 unspecified atom stereocenters. The van der Waals surface area contributed by atoms with Gasteiger partial charge in [0.1, 0.15) is 5.82 Å². The second-order valence-corrected chi connectivity index (χ2v) is 5.00. The molecule has 0 fully saturated rings. The third-order valence-electron chi connectivity index (χ3n) is 3.03. The predicted octanol–water partition coefficient (Wildman–Crippen LogP) is 3.78. The van der Waals surface area contributed by atoms with Crippen molar-refractivity contribution in [2.45, 2.75) is 5.88 Å². The Labute approximate surface area is 125 Å². The van der Waals surface area contributed by atoms with Gasteiger partial charge in [-0.2, -0.15) is 0 Å². The Balaban J connectivity index is 2.40. The number of fused-ring (bicyclic) bond motifs is 1. The standard InChI is InChI=1S/C15H10Cl2N2O/c16-9-14-18-13-7-2-1-6-12(13)15(20)19(14)11-5-3-4-10(17)8-11/h1-8H,9H2. The van der Waals surface area contributed by atoms with Crippen molar-refractivity contribution in [2.75, 3.05) is 0 Å². The number of aromatic nitrogens is 2. The molecule has 3 rings (SSSR count). The summed E-state index contributed by atoms with van der Waals surface area (Å²) in [6, 6.07) is 14.3. The van der Waals surface area contributed by atoms with Crippen molar-refractivity contribution >= 4 is 34.1 Å². The monoisotopic (exact) mass is 304 g/mol. The zero-order valence-corrected chi connectivity index (χ0v) is 11.9. The minimum atomic E-state index is -0.145. The summed E-state index contributed by atoms with van der Waals surface area (Å²) in [5, 5.41) is 1.12. The van der Waals surface area contributed by atoms with Crippen LogP contribution < -0.4 is 5.56 Å². The third kappa shape index (κ3) is 2.19. The fourth-order valence-corrected chi connectivity index (χ4v) is 2.51. The van der Waals surface area contributed by atoms with Crippen molar-refractivity contribution in [3.8, 4) is 5.69 Å². The number of hydrogen-bond acceptors (Lipinski definition) is 2. The van der Waals surface area contributed by atoms with Gasteiger partial charge in [0.2, 0.25) is 0 Å². The average molecular weight is 305 g/mol. The summed E-state index contributed by atoms with van der Waals surface area (Å²) in [6.07, 6.45) is 0. The van der Waals surface area contributed by atoms with Gasteiger partial charge in [-0.15, -0.1) is 11.6 Å². The maximum absolute atomic E-state index is 12.6. The van der Waals surface area contributed by atoms with Gasteiger partial charge >= 0.3 is 0 Å². The Hall–Kier alpha value is -1.84. The molecule has 1 aromatic heterocycles. The van der Waals surface area contributed by atoms with E-state index in [4.69, 9.17) is 23.2 Å². The van der Waals surface area contributed by atoms with Crippen molar-refractivity contribution in [3.05, 3.63) is 69.7 Å². The number of nitrogens with zero attached hydrogens (tertiary/aromatic N) is 2. The fraction of sp³-hybridized carbons (Fsp3) is 0.0667. The molecule has 0 N–H and O–H groups in total. The molecular weight excluding hydrogens is 295 g/mol. The van der Waals surface area contributed by atoms with E-state index in [9.17, 15) is 4.79 Å². The van der Waals surface area contributed by atoms with Crippen LogP contribution in [0.3, 0.4) is 0 Å². The van der Waals surface area contributed by atoms with Crippen LogP contribution in [-0.2, 0) is 5.88 Å². The Morgan fingerprint density at radius 2 is 1.90 bits per heavy atom. The van der Waals surface area contributed by atoms with Gasteiger partial charge in [-0.25, -0.2) is 4.98 Å². The lowest BCUT2D eigenvalue weighted by molar-refractivity contribution is 0.881. The van der Waals surface area contributed by atoms with E-state index in [1.54, 1.807) is 36.4 Å². The first kappa shape index (κ1) is 13.2. The van der Waals surface area contributed by atoms with E-state index in [-0.39, 0.29) is 11.4 Å². The molecule has 0 amide bonds. The van der Waals surface area contributed by atoms with Crippen molar-refractivity contribution in [1.82, 2.24) is 9.55 Å². The van der Waals surface area contributed by atoms with Crippen LogP contribution in [0.5, 0.6) is 0 Å². The second kappa shape index (κ2) is 5.27. The summed E-state index contributed by atoms with van der Waals surface area (Å²) >= 11 is 11.9. The van der Waals surface area contributed by atoms with Gasteiger partial charge in [0.15, 0.2) is 0 Å². The molecule has 0 spiro atoms. The Bertz CT molecular complexity index is 843. The van der Waals surface area contributed by atoms with Gasteiger partial charge in [-0.3, -0.25) is 9.36 Å². The van der Waals surface area contributed by atoms with Gasteiger partial charge in [-0.1, -0.05) is 29.8 Å². The highest BCUT2D eigenvalue weighted by Gasteiger charge is 2.11. The number of hydrogen-bond donors (Lipinski definition) is 0. The summed E-state index contributed by atoms with van der Waals surface area (Å²) in [5.41, 5.74) is 1.16. The zero-order valence-electron chi connectivity index (χ0n) is 10.4. The first-order valence-corrected chi connectivity index (χ1v) is 6.94. The molecule has 100 valence electrons. The van der Waals surface area contributed by atoms with E-state index in [1.807, 2.05) is 12.1 Å². The van der Waals surface area contributed by atoms with E-state index in [2.05, 4.69) is 4.98 Å². The Morgan fingerprint density at radius 3 is 2.65 bits per heavy atom. The molecule has 0 saturated carbocycles. The van der Waals surface area contributed by atoms with E-state index in [0.717, 1.165) is 0 Å². The molecule has 3 nitrogen and oxygen atoms in total. The largest absolute Gasteiger partial charge is 0.268 e. The summed E-state index contributed by atoms with van der Waals surface area (Å²) in [5.74, 6) is 0.643. The van der Waals surface area contributed by atoms with Crippen LogP contribution in [0.4, 0.5) is 0 Å². The molecular formula is C15H10Cl2N2O.